The van der Waals surface area contributed by atoms with Crippen molar-refractivity contribution >= 4 is 6.03 Å². The Bertz CT molecular complexity index is 703. The molecule has 23 heavy (non-hydrogen) atoms. The van der Waals surface area contributed by atoms with Gasteiger partial charge in [0.1, 0.15) is 12.2 Å². The van der Waals surface area contributed by atoms with E-state index in [1.54, 1.807) is 6.33 Å². The second-order valence-corrected chi connectivity index (χ2v) is 6.02. The summed E-state index contributed by atoms with van der Waals surface area (Å²) in [5, 5.41) is 14.5. The summed E-state index contributed by atoms with van der Waals surface area (Å²) in [5.74, 6) is 0.992. The van der Waals surface area contributed by atoms with Crippen LogP contribution in [0.15, 0.2) is 6.33 Å². The van der Waals surface area contributed by atoms with Crippen molar-refractivity contribution < 1.29 is 4.79 Å². The number of carbonyl (C=O) groups is 1. The highest BCUT2D eigenvalue weighted by atomic mass is 16.2. The molecule has 0 spiro atoms. The van der Waals surface area contributed by atoms with E-state index in [0.29, 0.717) is 13.1 Å². The van der Waals surface area contributed by atoms with E-state index in [1.807, 2.05) is 30.3 Å². The summed E-state index contributed by atoms with van der Waals surface area (Å²) in [6, 6.07) is -0.0242. The molecule has 0 radical (unpaired) electrons. The van der Waals surface area contributed by atoms with Crippen molar-refractivity contribution in [1.82, 2.24) is 35.2 Å². The SMILES string of the molecule is Cc1nn(C)c(C)c1CCNC(=O)N[C@H]1CCc2ncnn2C1. The fourth-order valence-corrected chi connectivity index (χ4v) is 3.07. The van der Waals surface area contributed by atoms with Crippen LogP contribution in [-0.2, 0) is 26.4 Å². The highest BCUT2D eigenvalue weighted by Crippen LogP contribution is 2.12. The van der Waals surface area contributed by atoms with Gasteiger partial charge in [0.05, 0.1) is 18.3 Å². The Balaban J connectivity index is 1.45. The molecule has 1 aliphatic rings. The van der Waals surface area contributed by atoms with Gasteiger partial charge in [-0.2, -0.15) is 10.2 Å². The number of nitrogens with one attached hydrogen (secondary N) is 2. The van der Waals surface area contributed by atoms with Crippen LogP contribution >= 0.6 is 0 Å². The Morgan fingerprint density at radius 1 is 1.43 bits per heavy atom. The van der Waals surface area contributed by atoms with E-state index in [1.165, 1.54) is 5.56 Å². The predicted octanol–water partition coefficient (Wildman–Crippen LogP) is 0.485. The number of aryl methyl sites for hydroxylation is 3. The van der Waals surface area contributed by atoms with Crippen molar-refractivity contribution in [2.45, 2.75) is 45.7 Å². The minimum atomic E-state index is -0.127. The fraction of sp³-hybridized carbons (Fsp3) is 0.600. The lowest BCUT2D eigenvalue weighted by molar-refractivity contribution is 0.232. The van der Waals surface area contributed by atoms with Gasteiger partial charge in [0, 0.05) is 25.7 Å². The molecule has 0 fully saturated rings. The second-order valence-electron chi connectivity index (χ2n) is 6.02. The van der Waals surface area contributed by atoms with Crippen LogP contribution < -0.4 is 10.6 Å². The van der Waals surface area contributed by atoms with Crippen LogP contribution in [0.25, 0.3) is 0 Å². The number of amides is 2. The van der Waals surface area contributed by atoms with Crippen molar-refractivity contribution in [3.63, 3.8) is 0 Å². The standard InChI is InChI=1S/C15H23N7O/c1-10-13(11(2)21(3)20-10)6-7-16-15(23)19-12-4-5-14-17-9-18-22(14)8-12/h9,12H,4-8H2,1-3H3,(H2,16,19,23)/t12-/m0/s1. The Labute approximate surface area is 135 Å². The van der Waals surface area contributed by atoms with E-state index in [4.69, 9.17) is 0 Å². The van der Waals surface area contributed by atoms with Crippen LogP contribution in [0.2, 0.25) is 0 Å². The van der Waals surface area contributed by atoms with Crippen LogP contribution in [-0.4, -0.2) is 43.2 Å². The molecule has 3 rings (SSSR count). The van der Waals surface area contributed by atoms with Crippen LogP contribution in [0.4, 0.5) is 4.79 Å². The average Bonchev–Trinajstić information content (AvgIpc) is 3.06. The van der Waals surface area contributed by atoms with Gasteiger partial charge in [0.25, 0.3) is 0 Å². The fourth-order valence-electron chi connectivity index (χ4n) is 3.07. The normalized spacial score (nSPS) is 16.9. The number of aromatic nitrogens is 5. The smallest absolute Gasteiger partial charge is 0.315 e. The summed E-state index contributed by atoms with van der Waals surface area (Å²) in [6.07, 6.45) is 4.10. The van der Waals surface area contributed by atoms with Gasteiger partial charge in [-0.1, -0.05) is 0 Å². The average molecular weight is 317 g/mol. The molecule has 1 aliphatic heterocycles. The number of hydrogen-bond donors (Lipinski definition) is 2. The summed E-state index contributed by atoms with van der Waals surface area (Å²) in [6.45, 7) is 5.33. The van der Waals surface area contributed by atoms with Gasteiger partial charge in [-0.3, -0.25) is 4.68 Å². The zero-order chi connectivity index (χ0) is 16.4. The van der Waals surface area contributed by atoms with Crippen LogP contribution in [0.1, 0.15) is 29.2 Å². The van der Waals surface area contributed by atoms with Crippen LogP contribution in [0.5, 0.6) is 0 Å². The molecule has 0 bridgehead atoms. The monoisotopic (exact) mass is 317 g/mol. The molecule has 2 aromatic heterocycles. The molecule has 124 valence electrons. The minimum Gasteiger partial charge on any atom is -0.338 e. The molecular formula is C15H23N7O. The number of nitrogens with zero attached hydrogens (tertiary/aromatic N) is 5. The first kappa shape index (κ1) is 15.5. The highest BCUT2D eigenvalue weighted by molar-refractivity contribution is 5.74. The second kappa shape index (κ2) is 6.39. The third-order valence-electron chi connectivity index (χ3n) is 4.46. The number of carbonyl (C=O) groups excluding carboxylic acids is 1. The topological polar surface area (TPSA) is 89.7 Å². The maximum Gasteiger partial charge on any atom is 0.315 e. The molecule has 2 N–H and O–H groups in total. The maximum atomic E-state index is 12.0. The molecule has 3 heterocycles. The number of fused-ring (bicyclic) bond motifs is 1. The lowest BCUT2D eigenvalue weighted by atomic mass is 10.1. The molecule has 0 saturated heterocycles. The van der Waals surface area contributed by atoms with Crippen molar-refractivity contribution in [3.05, 3.63) is 29.1 Å². The van der Waals surface area contributed by atoms with Crippen molar-refractivity contribution in [1.29, 1.82) is 0 Å². The Hall–Kier alpha value is -2.38. The van der Waals surface area contributed by atoms with Crippen LogP contribution in [0, 0.1) is 13.8 Å². The zero-order valence-electron chi connectivity index (χ0n) is 13.8. The molecule has 1 atom stereocenters. The predicted molar refractivity (Wildman–Crippen MR) is 85.1 cm³/mol. The largest absolute Gasteiger partial charge is 0.338 e. The van der Waals surface area contributed by atoms with E-state index in [-0.39, 0.29) is 12.1 Å². The van der Waals surface area contributed by atoms with Gasteiger partial charge >= 0.3 is 6.03 Å². The maximum absolute atomic E-state index is 12.0. The lowest BCUT2D eigenvalue weighted by Gasteiger charge is -2.23. The third-order valence-corrected chi connectivity index (χ3v) is 4.46. The third kappa shape index (κ3) is 3.35. The van der Waals surface area contributed by atoms with E-state index in [9.17, 15) is 4.79 Å². The van der Waals surface area contributed by atoms with E-state index in [2.05, 4.69) is 25.8 Å². The minimum absolute atomic E-state index is 0.103. The quantitative estimate of drug-likeness (QED) is 0.858. The van der Waals surface area contributed by atoms with Crippen molar-refractivity contribution in [2.24, 2.45) is 7.05 Å². The molecule has 8 nitrogen and oxygen atoms in total. The summed E-state index contributed by atoms with van der Waals surface area (Å²) in [7, 11) is 1.94. The van der Waals surface area contributed by atoms with Gasteiger partial charge in [-0.25, -0.2) is 14.5 Å². The van der Waals surface area contributed by atoms with E-state index >= 15 is 0 Å². The summed E-state index contributed by atoms with van der Waals surface area (Å²) in [5.41, 5.74) is 3.38. The van der Waals surface area contributed by atoms with Crippen molar-refractivity contribution in [2.75, 3.05) is 6.54 Å². The molecule has 8 heteroatoms. The molecular weight excluding hydrogens is 294 g/mol. The van der Waals surface area contributed by atoms with Gasteiger partial charge in [-0.15, -0.1) is 0 Å². The van der Waals surface area contributed by atoms with Gasteiger partial charge in [0.2, 0.25) is 0 Å². The van der Waals surface area contributed by atoms with Gasteiger partial charge < -0.3 is 10.6 Å². The van der Waals surface area contributed by atoms with E-state index in [0.717, 1.165) is 36.5 Å². The number of urea groups is 1. The first-order valence-electron chi connectivity index (χ1n) is 7.94. The first-order valence-corrected chi connectivity index (χ1v) is 7.94. The van der Waals surface area contributed by atoms with Crippen molar-refractivity contribution in [3.8, 4) is 0 Å². The highest BCUT2D eigenvalue weighted by Gasteiger charge is 2.21. The summed E-state index contributed by atoms with van der Waals surface area (Å²) >= 11 is 0. The Morgan fingerprint density at radius 2 is 2.26 bits per heavy atom. The molecule has 0 saturated carbocycles. The first-order chi connectivity index (χ1) is 11.0. The van der Waals surface area contributed by atoms with Crippen LogP contribution in [0.3, 0.4) is 0 Å². The molecule has 0 aliphatic carbocycles. The Morgan fingerprint density at radius 3 is 3.00 bits per heavy atom. The van der Waals surface area contributed by atoms with E-state index < -0.39 is 0 Å². The number of rotatable bonds is 4. The number of hydrogen-bond acceptors (Lipinski definition) is 4. The summed E-state index contributed by atoms with van der Waals surface area (Å²) in [4.78, 5) is 16.2. The zero-order valence-corrected chi connectivity index (χ0v) is 13.8. The molecule has 0 aromatic carbocycles. The lowest BCUT2D eigenvalue weighted by Crippen LogP contribution is -2.46. The Kier molecular flexibility index (Phi) is 4.31. The molecule has 2 aromatic rings. The molecule has 0 unspecified atom stereocenters. The summed E-state index contributed by atoms with van der Waals surface area (Å²) < 4.78 is 3.74. The van der Waals surface area contributed by atoms with Gasteiger partial charge in [0.15, 0.2) is 0 Å². The molecule has 2 amide bonds. The van der Waals surface area contributed by atoms with Gasteiger partial charge in [-0.05, 0) is 32.3 Å².